The van der Waals surface area contributed by atoms with Gasteiger partial charge in [0.15, 0.2) is 23.1 Å². The highest BCUT2D eigenvalue weighted by molar-refractivity contribution is 5.94. The zero-order valence-corrected chi connectivity index (χ0v) is 9.96. The van der Waals surface area contributed by atoms with Gasteiger partial charge in [-0.25, -0.2) is 22.9 Å². The van der Waals surface area contributed by atoms with E-state index >= 15 is 0 Å². The van der Waals surface area contributed by atoms with Crippen LogP contribution in [0.1, 0.15) is 10.5 Å². The number of carbonyl (C=O) groups is 1. The molecule has 1 aromatic carbocycles. The Morgan fingerprint density at radius 2 is 1.84 bits per heavy atom. The van der Waals surface area contributed by atoms with Crippen LogP contribution in [0, 0.1) is 17.5 Å². The lowest BCUT2D eigenvalue weighted by molar-refractivity contribution is 0.0594. The van der Waals surface area contributed by atoms with Crippen molar-refractivity contribution in [3.63, 3.8) is 0 Å². The molecule has 0 aliphatic carbocycles. The number of nitrogens with zero attached hydrogens (tertiary/aromatic N) is 1. The molecule has 0 unspecified atom stereocenters. The van der Waals surface area contributed by atoms with Crippen LogP contribution in [-0.2, 0) is 4.74 Å². The molecule has 7 heteroatoms. The van der Waals surface area contributed by atoms with Gasteiger partial charge in [0.25, 0.3) is 0 Å². The van der Waals surface area contributed by atoms with Gasteiger partial charge >= 0.3 is 5.97 Å². The molecule has 0 atom stereocenters. The Labute approximate surface area is 105 Å². The number of ether oxygens (including phenoxy) is 2. The minimum absolute atomic E-state index is 0.137. The summed E-state index contributed by atoms with van der Waals surface area (Å²) < 4.78 is 49.3. The average Bonchev–Trinajstić information content (AvgIpc) is 2.42. The normalized spacial score (nSPS) is 10.6. The van der Waals surface area contributed by atoms with E-state index in [4.69, 9.17) is 4.74 Å². The van der Waals surface area contributed by atoms with E-state index in [1.807, 2.05) is 0 Å². The summed E-state index contributed by atoms with van der Waals surface area (Å²) in [5.41, 5.74) is -0.437. The summed E-state index contributed by atoms with van der Waals surface area (Å²) in [7, 11) is 2.34. The summed E-state index contributed by atoms with van der Waals surface area (Å²) in [6, 6.07) is 1.78. The van der Waals surface area contributed by atoms with Gasteiger partial charge in [0.1, 0.15) is 5.75 Å². The molecule has 1 aromatic heterocycles. The van der Waals surface area contributed by atoms with Gasteiger partial charge in [0.2, 0.25) is 0 Å². The van der Waals surface area contributed by atoms with Gasteiger partial charge in [-0.1, -0.05) is 0 Å². The summed E-state index contributed by atoms with van der Waals surface area (Å²) in [5.74, 6) is -5.39. The van der Waals surface area contributed by atoms with Gasteiger partial charge in [-0.15, -0.1) is 0 Å². The molecule has 0 spiro atoms. The third-order valence-corrected chi connectivity index (χ3v) is 2.51. The molecule has 2 aromatic rings. The fraction of sp³-hybridized carbons (Fsp3) is 0.167. The number of rotatable bonds is 2. The summed E-state index contributed by atoms with van der Waals surface area (Å²) >= 11 is 0. The lowest BCUT2D eigenvalue weighted by Gasteiger charge is -2.09. The number of halogens is 3. The molecule has 0 saturated heterocycles. The molecule has 0 fully saturated rings. The highest BCUT2D eigenvalue weighted by Gasteiger charge is 2.20. The summed E-state index contributed by atoms with van der Waals surface area (Å²) in [6.07, 6.45) is 0. The topological polar surface area (TPSA) is 48.4 Å². The molecule has 0 aliphatic heterocycles. The Hall–Kier alpha value is -2.31. The van der Waals surface area contributed by atoms with Crippen molar-refractivity contribution in [1.29, 1.82) is 0 Å². The second-order valence-electron chi connectivity index (χ2n) is 3.58. The Morgan fingerprint density at radius 3 is 2.42 bits per heavy atom. The number of methoxy groups -OCH3 is 2. The third-order valence-electron chi connectivity index (χ3n) is 2.51. The van der Waals surface area contributed by atoms with Gasteiger partial charge in [-0.2, -0.15) is 0 Å². The number of pyridine rings is 1. The van der Waals surface area contributed by atoms with Crippen LogP contribution in [0.2, 0.25) is 0 Å². The van der Waals surface area contributed by atoms with E-state index in [1.54, 1.807) is 0 Å². The van der Waals surface area contributed by atoms with E-state index in [-0.39, 0.29) is 22.3 Å². The second kappa shape index (κ2) is 4.75. The zero-order chi connectivity index (χ0) is 14.2. The number of fused-ring (bicyclic) bond motifs is 1. The molecule has 0 saturated carbocycles. The number of esters is 1. The van der Waals surface area contributed by atoms with E-state index in [9.17, 15) is 18.0 Å². The van der Waals surface area contributed by atoms with E-state index in [0.29, 0.717) is 6.07 Å². The van der Waals surface area contributed by atoms with Gasteiger partial charge in [-0.3, -0.25) is 0 Å². The van der Waals surface area contributed by atoms with Gasteiger partial charge in [0.05, 0.1) is 25.1 Å². The van der Waals surface area contributed by atoms with E-state index in [0.717, 1.165) is 13.2 Å². The average molecular weight is 271 g/mol. The molecular formula is C12H8F3NO3. The molecule has 4 nitrogen and oxygen atoms in total. The lowest BCUT2D eigenvalue weighted by Crippen LogP contribution is -2.06. The van der Waals surface area contributed by atoms with Crippen LogP contribution in [0.5, 0.6) is 5.75 Å². The summed E-state index contributed by atoms with van der Waals surface area (Å²) in [6.45, 7) is 0. The van der Waals surface area contributed by atoms with Gasteiger partial charge in [0, 0.05) is 12.1 Å². The zero-order valence-electron chi connectivity index (χ0n) is 9.96. The molecule has 0 radical (unpaired) electrons. The van der Waals surface area contributed by atoms with Crippen molar-refractivity contribution in [3.8, 4) is 5.75 Å². The predicted molar refractivity (Wildman–Crippen MR) is 59.5 cm³/mol. The SMILES string of the molecule is COC(=O)c1cc(OC)c2c(F)c(F)c(F)cc2n1. The van der Waals surface area contributed by atoms with Crippen LogP contribution in [0.4, 0.5) is 13.2 Å². The molecule has 0 amide bonds. The first-order chi connectivity index (χ1) is 8.99. The van der Waals surface area contributed by atoms with Crippen molar-refractivity contribution in [2.24, 2.45) is 0 Å². The Morgan fingerprint density at radius 1 is 1.16 bits per heavy atom. The number of hydrogen-bond donors (Lipinski definition) is 0. The van der Waals surface area contributed by atoms with E-state index < -0.39 is 23.4 Å². The number of hydrogen-bond acceptors (Lipinski definition) is 4. The van der Waals surface area contributed by atoms with Crippen LogP contribution in [0.3, 0.4) is 0 Å². The highest BCUT2D eigenvalue weighted by Crippen LogP contribution is 2.30. The molecule has 19 heavy (non-hydrogen) atoms. The van der Waals surface area contributed by atoms with Crippen molar-refractivity contribution >= 4 is 16.9 Å². The van der Waals surface area contributed by atoms with Gasteiger partial charge in [-0.05, 0) is 0 Å². The molecule has 0 aliphatic rings. The van der Waals surface area contributed by atoms with Crippen molar-refractivity contribution in [2.45, 2.75) is 0 Å². The van der Waals surface area contributed by atoms with Crippen LogP contribution in [-0.4, -0.2) is 25.2 Å². The Bertz CT molecular complexity index is 673. The molecule has 100 valence electrons. The Kier molecular flexibility index (Phi) is 3.28. The van der Waals surface area contributed by atoms with Crippen molar-refractivity contribution < 1.29 is 27.4 Å². The summed E-state index contributed by atoms with van der Waals surface area (Å²) in [5, 5.41) is -0.339. The molecule has 0 bridgehead atoms. The Balaban J connectivity index is 2.85. The first kappa shape index (κ1) is 13.1. The minimum Gasteiger partial charge on any atom is -0.496 e. The lowest BCUT2D eigenvalue weighted by atomic mass is 10.1. The predicted octanol–water partition coefficient (Wildman–Crippen LogP) is 2.45. The minimum atomic E-state index is -1.63. The highest BCUT2D eigenvalue weighted by atomic mass is 19.2. The monoisotopic (exact) mass is 271 g/mol. The summed E-state index contributed by atoms with van der Waals surface area (Å²) in [4.78, 5) is 15.1. The third kappa shape index (κ3) is 2.07. The number of carbonyl (C=O) groups excluding carboxylic acids is 1. The van der Waals surface area contributed by atoms with Crippen LogP contribution in [0.25, 0.3) is 10.9 Å². The molecule has 2 rings (SSSR count). The quantitative estimate of drug-likeness (QED) is 0.621. The fourth-order valence-corrected chi connectivity index (χ4v) is 1.63. The standard InChI is InChI=1S/C12H8F3NO3/c1-18-8-4-7(12(17)19-2)16-6-3-5(13)10(14)11(15)9(6)8/h3-4H,1-2H3. The maximum Gasteiger partial charge on any atom is 0.356 e. The smallest absolute Gasteiger partial charge is 0.356 e. The second-order valence-corrected chi connectivity index (χ2v) is 3.58. The number of benzene rings is 1. The van der Waals surface area contributed by atoms with Crippen LogP contribution < -0.4 is 4.74 Å². The largest absolute Gasteiger partial charge is 0.496 e. The molecule has 0 N–H and O–H groups in total. The van der Waals surface area contributed by atoms with Crippen molar-refractivity contribution in [2.75, 3.05) is 14.2 Å². The van der Waals surface area contributed by atoms with Crippen molar-refractivity contribution in [1.82, 2.24) is 4.98 Å². The van der Waals surface area contributed by atoms with E-state index in [1.165, 1.54) is 7.11 Å². The number of aromatic nitrogens is 1. The first-order valence-corrected chi connectivity index (χ1v) is 5.10. The van der Waals surface area contributed by atoms with Crippen molar-refractivity contribution in [3.05, 3.63) is 35.3 Å². The molecule has 1 heterocycles. The van der Waals surface area contributed by atoms with Gasteiger partial charge < -0.3 is 9.47 Å². The maximum absolute atomic E-state index is 13.7. The van der Waals surface area contributed by atoms with Crippen LogP contribution >= 0.6 is 0 Å². The van der Waals surface area contributed by atoms with E-state index in [2.05, 4.69) is 9.72 Å². The first-order valence-electron chi connectivity index (χ1n) is 5.10. The maximum atomic E-state index is 13.7. The van der Waals surface area contributed by atoms with Crippen LogP contribution in [0.15, 0.2) is 12.1 Å². The fourth-order valence-electron chi connectivity index (χ4n) is 1.63. The molecular weight excluding hydrogens is 263 g/mol.